The van der Waals surface area contributed by atoms with Gasteiger partial charge in [-0.1, -0.05) is 36.4 Å². The Kier molecular flexibility index (Phi) is 4.46. The fraction of sp³-hybridized carbons (Fsp3) is 0.455. The van der Waals surface area contributed by atoms with Gasteiger partial charge in [0, 0.05) is 0 Å². The third kappa shape index (κ3) is 3.92. The first-order chi connectivity index (χ1) is 7.42. The first-order valence-corrected chi connectivity index (χ1v) is 6.60. The maximum absolute atomic E-state index is 11.7. The highest BCUT2D eigenvalue weighted by Gasteiger charge is 2.13. The summed E-state index contributed by atoms with van der Waals surface area (Å²) in [5, 5.41) is 0. The van der Waals surface area contributed by atoms with Crippen LogP contribution in [0.15, 0.2) is 29.2 Å². The number of rotatable bonds is 5. The Hall–Kier alpha value is -0.910. The van der Waals surface area contributed by atoms with Crippen molar-refractivity contribution in [2.45, 2.75) is 25.7 Å². The number of hydrogen-bond donors (Lipinski definition) is 1. The predicted molar refractivity (Wildman–Crippen MR) is 62.3 cm³/mol. The van der Waals surface area contributed by atoms with Crippen molar-refractivity contribution in [3.8, 4) is 0 Å². The molecule has 0 bridgehead atoms. The van der Waals surface area contributed by atoms with Crippen LogP contribution in [0, 0.1) is 12.8 Å². The summed E-state index contributed by atoms with van der Waals surface area (Å²) in [6.45, 7) is 6.14. The van der Waals surface area contributed by atoms with Gasteiger partial charge in [-0.2, -0.15) is 0 Å². The third-order valence-corrected chi connectivity index (χ3v) is 3.15. The topological polar surface area (TPSA) is 55.4 Å². The van der Waals surface area contributed by atoms with E-state index in [0.717, 1.165) is 5.56 Å². The molecule has 1 rings (SSSR count). The SMILES string of the molecule is Cc1ccc(S(=O)(=O)NOCC(C)C)cc1. The van der Waals surface area contributed by atoms with E-state index in [2.05, 4.69) is 4.89 Å². The molecule has 0 saturated carbocycles. The van der Waals surface area contributed by atoms with Crippen LogP contribution < -0.4 is 4.89 Å². The second-order valence-electron chi connectivity index (χ2n) is 4.10. The van der Waals surface area contributed by atoms with Crippen LogP contribution in [-0.4, -0.2) is 15.0 Å². The lowest BCUT2D eigenvalue weighted by Gasteiger charge is -2.08. The third-order valence-electron chi connectivity index (χ3n) is 1.92. The maximum Gasteiger partial charge on any atom is 0.262 e. The van der Waals surface area contributed by atoms with Gasteiger partial charge < -0.3 is 0 Å². The molecule has 16 heavy (non-hydrogen) atoms. The molecule has 4 nitrogen and oxygen atoms in total. The van der Waals surface area contributed by atoms with Crippen molar-refractivity contribution < 1.29 is 13.3 Å². The molecule has 0 aliphatic rings. The Balaban J connectivity index is 2.67. The molecule has 1 aromatic carbocycles. The van der Waals surface area contributed by atoms with Gasteiger partial charge in [0.25, 0.3) is 10.0 Å². The van der Waals surface area contributed by atoms with E-state index < -0.39 is 10.0 Å². The molecular formula is C11H17NO3S. The van der Waals surface area contributed by atoms with Crippen LogP contribution in [0.1, 0.15) is 19.4 Å². The summed E-state index contributed by atoms with van der Waals surface area (Å²) in [7, 11) is -3.54. The van der Waals surface area contributed by atoms with Crippen LogP contribution in [0.2, 0.25) is 0 Å². The molecule has 0 unspecified atom stereocenters. The van der Waals surface area contributed by atoms with Crippen molar-refractivity contribution in [3.63, 3.8) is 0 Å². The Morgan fingerprint density at radius 3 is 2.31 bits per heavy atom. The lowest BCUT2D eigenvalue weighted by Crippen LogP contribution is -2.25. The normalized spacial score (nSPS) is 12.0. The van der Waals surface area contributed by atoms with E-state index in [-0.39, 0.29) is 10.8 Å². The zero-order valence-electron chi connectivity index (χ0n) is 9.73. The van der Waals surface area contributed by atoms with E-state index in [1.807, 2.05) is 20.8 Å². The molecular weight excluding hydrogens is 226 g/mol. The Morgan fingerprint density at radius 1 is 1.25 bits per heavy atom. The molecule has 0 fully saturated rings. The average molecular weight is 243 g/mol. The molecule has 0 atom stereocenters. The molecule has 0 aromatic heterocycles. The zero-order chi connectivity index (χ0) is 12.2. The second-order valence-corrected chi connectivity index (χ2v) is 5.75. The molecule has 1 N–H and O–H groups in total. The quantitative estimate of drug-likeness (QED) is 0.803. The predicted octanol–water partition coefficient (Wildman–Crippen LogP) is 1.86. The summed E-state index contributed by atoms with van der Waals surface area (Å²) in [6.07, 6.45) is 0. The molecule has 0 aliphatic heterocycles. The highest BCUT2D eigenvalue weighted by molar-refractivity contribution is 7.89. The van der Waals surface area contributed by atoms with Crippen molar-refractivity contribution in [2.24, 2.45) is 5.92 Å². The Morgan fingerprint density at radius 2 is 1.81 bits per heavy atom. The lowest BCUT2D eigenvalue weighted by molar-refractivity contribution is 0.0719. The van der Waals surface area contributed by atoms with Gasteiger partial charge in [0.05, 0.1) is 11.5 Å². The van der Waals surface area contributed by atoms with E-state index in [4.69, 9.17) is 4.84 Å². The highest BCUT2D eigenvalue weighted by atomic mass is 32.2. The lowest BCUT2D eigenvalue weighted by atomic mass is 10.2. The van der Waals surface area contributed by atoms with Gasteiger partial charge in [-0.3, -0.25) is 4.84 Å². The molecule has 90 valence electrons. The Labute approximate surface area is 96.6 Å². The van der Waals surface area contributed by atoms with E-state index in [9.17, 15) is 8.42 Å². The number of sulfonamides is 1. The standard InChI is InChI=1S/C11H17NO3S/c1-9(2)8-15-12-16(13,14)11-6-4-10(3)5-7-11/h4-7,9,12H,8H2,1-3H3. The minimum absolute atomic E-state index is 0.210. The Bertz CT molecular complexity index is 423. The van der Waals surface area contributed by atoms with Crippen molar-refractivity contribution in [2.75, 3.05) is 6.61 Å². The largest absolute Gasteiger partial charge is 0.287 e. The molecule has 0 aliphatic carbocycles. The van der Waals surface area contributed by atoms with Crippen LogP contribution in [0.25, 0.3) is 0 Å². The zero-order valence-corrected chi connectivity index (χ0v) is 10.5. The number of hydrogen-bond acceptors (Lipinski definition) is 3. The smallest absolute Gasteiger partial charge is 0.262 e. The summed E-state index contributed by atoms with van der Waals surface area (Å²) < 4.78 is 23.4. The minimum atomic E-state index is -3.54. The monoisotopic (exact) mass is 243 g/mol. The fourth-order valence-corrected chi connectivity index (χ4v) is 1.86. The number of benzene rings is 1. The first kappa shape index (κ1) is 13.2. The van der Waals surface area contributed by atoms with Crippen LogP contribution in [0.3, 0.4) is 0 Å². The van der Waals surface area contributed by atoms with Crippen LogP contribution in [0.4, 0.5) is 0 Å². The summed E-state index contributed by atoms with van der Waals surface area (Å²) in [4.78, 5) is 7.21. The molecule has 0 radical (unpaired) electrons. The molecule has 1 aromatic rings. The summed E-state index contributed by atoms with van der Waals surface area (Å²) in [5.41, 5.74) is 1.02. The van der Waals surface area contributed by atoms with Crippen molar-refractivity contribution in [3.05, 3.63) is 29.8 Å². The van der Waals surface area contributed by atoms with E-state index in [0.29, 0.717) is 6.61 Å². The molecule has 0 spiro atoms. The van der Waals surface area contributed by atoms with Gasteiger partial charge in [0.1, 0.15) is 0 Å². The number of nitrogens with one attached hydrogen (secondary N) is 1. The maximum atomic E-state index is 11.7. The molecule has 0 heterocycles. The van der Waals surface area contributed by atoms with Gasteiger partial charge >= 0.3 is 0 Å². The van der Waals surface area contributed by atoms with Crippen LogP contribution in [-0.2, 0) is 14.9 Å². The highest BCUT2D eigenvalue weighted by Crippen LogP contribution is 2.09. The van der Waals surface area contributed by atoms with Crippen LogP contribution >= 0.6 is 0 Å². The van der Waals surface area contributed by atoms with Crippen molar-refractivity contribution >= 4 is 10.0 Å². The average Bonchev–Trinajstić information content (AvgIpc) is 2.17. The van der Waals surface area contributed by atoms with E-state index in [1.165, 1.54) is 0 Å². The summed E-state index contributed by atoms with van der Waals surface area (Å²) in [6, 6.07) is 6.60. The first-order valence-electron chi connectivity index (χ1n) is 5.12. The van der Waals surface area contributed by atoms with Gasteiger partial charge in [-0.25, -0.2) is 8.42 Å². The van der Waals surface area contributed by atoms with E-state index in [1.54, 1.807) is 24.3 Å². The fourth-order valence-electron chi connectivity index (χ4n) is 1.04. The summed E-state index contributed by atoms with van der Waals surface area (Å²) in [5.74, 6) is 0.278. The van der Waals surface area contributed by atoms with Crippen molar-refractivity contribution in [1.82, 2.24) is 4.89 Å². The molecule has 0 saturated heterocycles. The molecule has 0 amide bonds. The van der Waals surface area contributed by atoms with Crippen molar-refractivity contribution in [1.29, 1.82) is 0 Å². The van der Waals surface area contributed by atoms with Gasteiger partial charge in [0.15, 0.2) is 0 Å². The molecule has 5 heteroatoms. The van der Waals surface area contributed by atoms with Gasteiger partial charge in [-0.15, -0.1) is 0 Å². The summed E-state index contributed by atoms with van der Waals surface area (Å²) >= 11 is 0. The minimum Gasteiger partial charge on any atom is -0.287 e. The van der Waals surface area contributed by atoms with Gasteiger partial charge in [0.2, 0.25) is 0 Å². The van der Waals surface area contributed by atoms with Crippen LogP contribution in [0.5, 0.6) is 0 Å². The second kappa shape index (κ2) is 5.43. The van der Waals surface area contributed by atoms with Gasteiger partial charge in [-0.05, 0) is 25.0 Å². The van der Waals surface area contributed by atoms with E-state index >= 15 is 0 Å². The number of aryl methyl sites for hydroxylation is 1.